The van der Waals surface area contributed by atoms with Gasteiger partial charge in [0, 0.05) is 0 Å². The molecule has 0 bridgehead atoms. The minimum atomic E-state index is 0. The number of aliphatic hydroxyl groups excluding tert-OH is 1. The van der Waals surface area contributed by atoms with E-state index in [0.717, 1.165) is 6.26 Å². The van der Waals surface area contributed by atoms with Gasteiger partial charge in [-0.05, 0) is 0 Å². The molecule has 0 saturated heterocycles. The maximum absolute atomic E-state index is 6.88. The molecule has 0 radical (unpaired) electrons. The van der Waals surface area contributed by atoms with Gasteiger partial charge in [-0.15, -0.1) is 0 Å². The van der Waals surface area contributed by atoms with E-state index < -0.39 is 0 Å². The second-order valence-electron chi connectivity index (χ2n) is 0.100. The molecule has 2 nitrogen and oxygen atoms in total. The summed E-state index contributed by atoms with van der Waals surface area (Å²) < 4.78 is 0. The zero-order valence-corrected chi connectivity index (χ0v) is 7.31. The predicted molar refractivity (Wildman–Crippen MR) is 8.66 cm³/mol. The van der Waals surface area contributed by atoms with Crippen LogP contribution < -0.4 is 58.2 Å². The van der Waals surface area contributed by atoms with Crippen LogP contribution in [-0.4, -0.2) is 5.11 Å². The third-order valence-corrected chi connectivity index (χ3v) is 0. The van der Waals surface area contributed by atoms with E-state index in [4.69, 9.17) is 10.4 Å². The first-order valence-corrected chi connectivity index (χ1v) is 0.447. The monoisotopic (exact) mass is 129 g/mol. The van der Waals surface area contributed by atoms with E-state index in [-0.39, 0.29) is 59.6 Å². The first-order chi connectivity index (χ1) is 1.41. The van der Waals surface area contributed by atoms with E-state index in [1.807, 2.05) is 0 Å². The molecule has 0 aliphatic rings. The van der Waals surface area contributed by atoms with Crippen molar-refractivity contribution in [1.29, 1.82) is 5.26 Å². The summed E-state index contributed by atoms with van der Waals surface area (Å²) in [5, 5.41) is 13.8. The Hall–Kier alpha value is 1.10. The van der Waals surface area contributed by atoms with Gasteiger partial charge in [-0.25, -0.2) is 0 Å². The second kappa shape index (κ2) is 8.94. The molecule has 0 unspecified atom stereocenters. The van der Waals surface area contributed by atoms with Gasteiger partial charge in [0.05, 0.1) is 0 Å². The van der Waals surface area contributed by atoms with Crippen molar-refractivity contribution >= 4 is 0 Å². The molecule has 0 saturated carbocycles. The van der Waals surface area contributed by atoms with E-state index in [1.165, 1.54) is 0 Å². The Balaban J connectivity index is -0.0000000200. The summed E-state index contributed by atoms with van der Waals surface area (Å²) >= 11 is 0. The number of hydrogen-bond donors (Lipinski definition) is 1. The Kier molecular flexibility index (Phi) is 19.9. The van der Waals surface area contributed by atoms with E-state index in [2.05, 4.69) is 0 Å². The van der Waals surface area contributed by atoms with Gasteiger partial charge in [-0.1, -0.05) is 0 Å². The number of hydrogen-bond acceptors (Lipinski definition) is 2. The maximum Gasteiger partial charge on any atom is 1.00 e. The van der Waals surface area contributed by atoms with Crippen molar-refractivity contribution in [2.45, 2.75) is 0 Å². The van der Waals surface area contributed by atoms with Crippen molar-refractivity contribution in [3.63, 3.8) is 0 Å². The molecule has 0 heterocycles. The maximum atomic E-state index is 6.88. The Morgan fingerprint density at radius 1 is 2.00 bits per heavy atom. The molecular weight excluding hydrogens is 127 g/mol. The second-order valence-corrected chi connectivity index (χ2v) is 0.100. The molecule has 0 aromatic carbocycles. The Bertz CT molecular complexity index is 33.1. The fourth-order valence-corrected chi connectivity index (χ4v) is 0. The van der Waals surface area contributed by atoms with Crippen LogP contribution in [0.3, 0.4) is 0 Å². The van der Waals surface area contributed by atoms with Gasteiger partial charge < -0.3 is 6.53 Å². The SMILES string of the molecule is N#CO.[H-].[Rb+]. The Morgan fingerprint density at radius 2 is 2.00 bits per heavy atom. The van der Waals surface area contributed by atoms with Crippen molar-refractivity contribution in [2.75, 3.05) is 0 Å². The fourth-order valence-electron chi connectivity index (χ4n) is 0. The van der Waals surface area contributed by atoms with Gasteiger partial charge in [0.1, 0.15) is 0 Å². The van der Waals surface area contributed by atoms with Crippen molar-refractivity contribution in [3.05, 3.63) is 0 Å². The first kappa shape index (κ1) is 8.92. The van der Waals surface area contributed by atoms with Crippen LogP contribution in [0.25, 0.3) is 0 Å². The number of aliphatic hydroxyl groups is 1. The van der Waals surface area contributed by atoms with Gasteiger partial charge in [0.25, 0.3) is 6.26 Å². The summed E-state index contributed by atoms with van der Waals surface area (Å²) in [7, 11) is 0. The zero-order valence-electron chi connectivity index (χ0n) is 3.39. The van der Waals surface area contributed by atoms with Crippen LogP contribution in [0.1, 0.15) is 1.43 Å². The van der Waals surface area contributed by atoms with Crippen LogP contribution in [0.2, 0.25) is 0 Å². The molecule has 0 aromatic rings. The van der Waals surface area contributed by atoms with Gasteiger partial charge in [0.2, 0.25) is 0 Å². The fraction of sp³-hybridized carbons (Fsp3) is 0. The predicted octanol–water partition coefficient (Wildman–Crippen LogP) is -3.04. The van der Waals surface area contributed by atoms with Crippen molar-refractivity contribution in [1.82, 2.24) is 0 Å². The van der Waals surface area contributed by atoms with Gasteiger partial charge in [0.15, 0.2) is 0 Å². The molecule has 0 amide bonds. The summed E-state index contributed by atoms with van der Waals surface area (Å²) in [5.74, 6) is 0. The molecule has 0 aromatic heterocycles. The molecule has 1 N–H and O–H groups in total. The third-order valence-electron chi connectivity index (χ3n) is 0. The molecule has 4 heavy (non-hydrogen) atoms. The molecule has 0 fully saturated rings. The molecule has 18 valence electrons. The van der Waals surface area contributed by atoms with E-state index >= 15 is 0 Å². The molecule has 0 aliphatic heterocycles. The minimum Gasteiger partial charge on any atom is -1.00 e. The molecule has 0 aliphatic carbocycles. The number of nitriles is 1. The van der Waals surface area contributed by atoms with Crippen LogP contribution in [0.4, 0.5) is 0 Å². The van der Waals surface area contributed by atoms with Crippen LogP contribution in [0.5, 0.6) is 0 Å². The zero-order chi connectivity index (χ0) is 2.71. The first-order valence-electron chi connectivity index (χ1n) is 0.447. The van der Waals surface area contributed by atoms with Crippen LogP contribution in [0.15, 0.2) is 0 Å². The average molecular weight is 130 g/mol. The quantitative estimate of drug-likeness (QED) is 0.354. The number of nitrogens with zero attached hydrogens (tertiary/aromatic N) is 1. The summed E-state index contributed by atoms with van der Waals surface area (Å²) in [5.41, 5.74) is 0. The van der Waals surface area contributed by atoms with Crippen molar-refractivity contribution in [2.24, 2.45) is 0 Å². The smallest absolute Gasteiger partial charge is 1.00 e. The van der Waals surface area contributed by atoms with Crippen LogP contribution >= 0.6 is 0 Å². The normalized spacial score (nSPS) is 1.75. The minimum absolute atomic E-state index is 0. The molecule has 0 atom stereocenters. The summed E-state index contributed by atoms with van der Waals surface area (Å²) in [4.78, 5) is 0. The molecular formula is CH2NORb. The van der Waals surface area contributed by atoms with E-state index in [1.54, 1.807) is 0 Å². The average Bonchev–Trinajstić information content (AvgIpc) is 0.918. The third kappa shape index (κ3) is 11.3. The largest absolute Gasteiger partial charge is 1.00 e. The standard InChI is InChI=1S/CHNO.Rb.H/c2-1-3;;/h3H;;/q;+1;-1. The van der Waals surface area contributed by atoms with Crippen molar-refractivity contribution in [3.8, 4) is 6.26 Å². The summed E-state index contributed by atoms with van der Waals surface area (Å²) in [6.45, 7) is 0. The van der Waals surface area contributed by atoms with Crippen LogP contribution in [-0.2, 0) is 0 Å². The molecule has 3 heteroatoms. The summed E-state index contributed by atoms with van der Waals surface area (Å²) in [6, 6.07) is 0. The van der Waals surface area contributed by atoms with Crippen molar-refractivity contribution < 1.29 is 64.7 Å². The van der Waals surface area contributed by atoms with E-state index in [9.17, 15) is 0 Å². The van der Waals surface area contributed by atoms with E-state index in [0.29, 0.717) is 0 Å². The van der Waals surface area contributed by atoms with Gasteiger partial charge in [-0.3, -0.25) is 0 Å². The van der Waals surface area contributed by atoms with Crippen LogP contribution in [0, 0.1) is 11.5 Å². The molecule has 0 spiro atoms. The van der Waals surface area contributed by atoms with Gasteiger partial charge in [-0.2, -0.15) is 5.26 Å². The molecule has 0 rings (SSSR count). The Labute approximate surface area is 74.7 Å². The van der Waals surface area contributed by atoms with Gasteiger partial charge >= 0.3 is 58.2 Å². The topological polar surface area (TPSA) is 44.0 Å². The number of rotatable bonds is 0. The summed E-state index contributed by atoms with van der Waals surface area (Å²) in [6.07, 6.45) is 0.750. The Morgan fingerprint density at radius 3 is 2.00 bits per heavy atom.